The summed E-state index contributed by atoms with van der Waals surface area (Å²) in [6.07, 6.45) is 3.36. The smallest absolute Gasteiger partial charge is 0.227 e. The van der Waals surface area contributed by atoms with Crippen LogP contribution >= 0.6 is 0 Å². The summed E-state index contributed by atoms with van der Waals surface area (Å²) in [5, 5.41) is 7.15. The quantitative estimate of drug-likeness (QED) is 0.728. The van der Waals surface area contributed by atoms with Gasteiger partial charge in [-0.05, 0) is 43.7 Å². The molecule has 2 atom stereocenters. The van der Waals surface area contributed by atoms with Crippen molar-refractivity contribution in [2.24, 2.45) is 5.92 Å². The van der Waals surface area contributed by atoms with Crippen LogP contribution in [-0.2, 0) is 9.59 Å². The van der Waals surface area contributed by atoms with Crippen LogP contribution in [0.25, 0.3) is 5.69 Å². The molecule has 0 aliphatic carbocycles. The second kappa shape index (κ2) is 7.87. The number of nitrogens with one attached hydrogen (secondary N) is 1. The van der Waals surface area contributed by atoms with Gasteiger partial charge in [0.05, 0.1) is 17.6 Å². The van der Waals surface area contributed by atoms with Gasteiger partial charge >= 0.3 is 0 Å². The molecule has 4 rings (SSSR count). The zero-order valence-electron chi connectivity index (χ0n) is 16.4. The fourth-order valence-corrected chi connectivity index (χ4v) is 3.53. The van der Waals surface area contributed by atoms with Crippen molar-refractivity contribution in [2.75, 3.05) is 11.4 Å². The molecule has 0 bridgehead atoms. The predicted molar refractivity (Wildman–Crippen MR) is 110 cm³/mol. The van der Waals surface area contributed by atoms with Gasteiger partial charge in [0.15, 0.2) is 0 Å². The van der Waals surface area contributed by atoms with Crippen LogP contribution in [0, 0.1) is 12.8 Å². The fourth-order valence-electron chi connectivity index (χ4n) is 3.53. The number of aromatic nitrogens is 3. The topological polar surface area (TPSA) is 80.1 Å². The van der Waals surface area contributed by atoms with E-state index in [1.54, 1.807) is 15.9 Å². The minimum absolute atomic E-state index is 0.0150. The van der Waals surface area contributed by atoms with Crippen LogP contribution in [-0.4, -0.2) is 33.1 Å². The Hall–Kier alpha value is -3.48. The van der Waals surface area contributed by atoms with Crippen molar-refractivity contribution in [3.05, 3.63) is 72.3 Å². The van der Waals surface area contributed by atoms with E-state index in [1.807, 2.05) is 62.4 Å². The molecule has 148 valence electrons. The van der Waals surface area contributed by atoms with E-state index < -0.39 is 0 Å². The van der Waals surface area contributed by atoms with Crippen LogP contribution in [0.4, 0.5) is 5.69 Å². The van der Waals surface area contributed by atoms with Crippen LogP contribution in [0.3, 0.4) is 0 Å². The number of carbonyl (C=O) groups is 2. The van der Waals surface area contributed by atoms with Crippen molar-refractivity contribution in [1.82, 2.24) is 20.1 Å². The maximum Gasteiger partial charge on any atom is 0.227 e. The fraction of sp³-hybridized carbons (Fsp3) is 0.273. The lowest BCUT2D eigenvalue weighted by atomic mass is 10.0. The molecule has 2 unspecified atom stereocenters. The van der Waals surface area contributed by atoms with Crippen LogP contribution in [0.15, 0.2) is 61.2 Å². The predicted octanol–water partition coefficient (Wildman–Crippen LogP) is 2.81. The molecule has 3 aromatic rings. The molecule has 2 aromatic carbocycles. The first-order valence-electron chi connectivity index (χ1n) is 9.63. The molecule has 1 N–H and O–H groups in total. The third-order valence-electron chi connectivity index (χ3n) is 5.28. The van der Waals surface area contributed by atoms with Crippen LogP contribution in [0.5, 0.6) is 0 Å². The van der Waals surface area contributed by atoms with Gasteiger partial charge in [0.2, 0.25) is 11.8 Å². The molecule has 1 aliphatic rings. The largest absolute Gasteiger partial charge is 0.349 e. The molecule has 0 spiro atoms. The number of anilines is 1. The Kier molecular flexibility index (Phi) is 5.12. The van der Waals surface area contributed by atoms with Crippen molar-refractivity contribution in [3.63, 3.8) is 0 Å². The Morgan fingerprint density at radius 3 is 2.45 bits per heavy atom. The molecule has 2 heterocycles. The van der Waals surface area contributed by atoms with Crippen LogP contribution in [0.2, 0.25) is 0 Å². The van der Waals surface area contributed by atoms with E-state index in [9.17, 15) is 9.59 Å². The highest BCUT2D eigenvalue weighted by Gasteiger charge is 2.35. The maximum atomic E-state index is 12.7. The number of benzene rings is 2. The molecule has 0 radical (unpaired) electrons. The van der Waals surface area contributed by atoms with E-state index in [4.69, 9.17) is 0 Å². The van der Waals surface area contributed by atoms with Gasteiger partial charge in [-0.1, -0.05) is 29.8 Å². The van der Waals surface area contributed by atoms with Gasteiger partial charge < -0.3 is 10.2 Å². The molecule has 0 saturated carbocycles. The van der Waals surface area contributed by atoms with E-state index >= 15 is 0 Å². The Balaban J connectivity index is 1.38. The van der Waals surface area contributed by atoms with E-state index in [0.29, 0.717) is 6.54 Å². The SMILES string of the molecule is Cc1ccc(N2CC(C(=O)NC(C)c3ccc(-n4cncn4)cc3)CC2=O)cc1. The minimum Gasteiger partial charge on any atom is -0.349 e. The van der Waals surface area contributed by atoms with Crippen LogP contribution < -0.4 is 10.2 Å². The lowest BCUT2D eigenvalue weighted by molar-refractivity contribution is -0.126. The Morgan fingerprint density at radius 1 is 1.10 bits per heavy atom. The summed E-state index contributed by atoms with van der Waals surface area (Å²) < 4.78 is 1.68. The van der Waals surface area contributed by atoms with Gasteiger partial charge in [0.1, 0.15) is 12.7 Å². The van der Waals surface area contributed by atoms with Crippen molar-refractivity contribution in [1.29, 1.82) is 0 Å². The summed E-state index contributed by atoms with van der Waals surface area (Å²) >= 11 is 0. The summed E-state index contributed by atoms with van der Waals surface area (Å²) in [6, 6.07) is 15.4. The number of aryl methyl sites for hydroxylation is 1. The van der Waals surface area contributed by atoms with Crippen LogP contribution in [0.1, 0.15) is 30.5 Å². The lowest BCUT2D eigenvalue weighted by Gasteiger charge is -2.19. The Bertz CT molecular complexity index is 997. The summed E-state index contributed by atoms with van der Waals surface area (Å²) in [4.78, 5) is 30.8. The molecule has 1 aliphatic heterocycles. The van der Waals surface area contributed by atoms with Crippen molar-refractivity contribution in [2.45, 2.75) is 26.3 Å². The molecule has 1 saturated heterocycles. The highest BCUT2D eigenvalue weighted by atomic mass is 16.2. The number of hydrogen-bond acceptors (Lipinski definition) is 4. The third kappa shape index (κ3) is 4.03. The third-order valence-corrected chi connectivity index (χ3v) is 5.28. The minimum atomic E-state index is -0.347. The van der Waals surface area contributed by atoms with Gasteiger partial charge in [-0.3, -0.25) is 9.59 Å². The first-order chi connectivity index (χ1) is 14.0. The second-order valence-electron chi connectivity index (χ2n) is 7.40. The van der Waals surface area contributed by atoms with Gasteiger partial charge in [-0.25, -0.2) is 9.67 Å². The standard InChI is InChI=1S/C22H23N5O2/c1-15-3-7-19(8-4-15)26-12-18(11-21(26)28)22(29)25-16(2)17-5-9-20(10-6-17)27-14-23-13-24-27/h3-10,13-14,16,18H,11-12H2,1-2H3,(H,25,29). The van der Waals surface area contributed by atoms with Gasteiger partial charge in [-0.15, -0.1) is 0 Å². The summed E-state index contributed by atoms with van der Waals surface area (Å²) in [5.74, 6) is -0.458. The highest BCUT2D eigenvalue weighted by molar-refractivity contribution is 6.00. The van der Waals surface area contributed by atoms with Gasteiger partial charge in [0, 0.05) is 18.7 Å². The first-order valence-corrected chi connectivity index (χ1v) is 9.63. The Morgan fingerprint density at radius 2 is 1.79 bits per heavy atom. The van der Waals surface area contributed by atoms with Crippen molar-refractivity contribution < 1.29 is 9.59 Å². The van der Waals surface area contributed by atoms with Gasteiger partial charge in [-0.2, -0.15) is 5.10 Å². The lowest BCUT2D eigenvalue weighted by Crippen LogP contribution is -2.34. The molecular formula is C22H23N5O2. The molecular weight excluding hydrogens is 366 g/mol. The number of nitrogens with zero attached hydrogens (tertiary/aromatic N) is 4. The summed E-state index contributed by atoms with van der Waals surface area (Å²) in [5.41, 5.74) is 3.87. The monoisotopic (exact) mass is 389 g/mol. The van der Waals surface area contributed by atoms with E-state index in [-0.39, 0.29) is 30.2 Å². The highest BCUT2D eigenvalue weighted by Crippen LogP contribution is 2.26. The van der Waals surface area contributed by atoms with E-state index in [1.165, 1.54) is 6.33 Å². The number of amides is 2. The second-order valence-corrected chi connectivity index (χ2v) is 7.40. The zero-order valence-corrected chi connectivity index (χ0v) is 16.4. The van der Waals surface area contributed by atoms with E-state index in [2.05, 4.69) is 15.4 Å². The van der Waals surface area contributed by atoms with Gasteiger partial charge in [0.25, 0.3) is 0 Å². The van der Waals surface area contributed by atoms with E-state index in [0.717, 1.165) is 22.5 Å². The number of carbonyl (C=O) groups excluding carboxylic acids is 2. The number of rotatable bonds is 5. The van der Waals surface area contributed by atoms with Crippen molar-refractivity contribution in [3.8, 4) is 5.69 Å². The average Bonchev–Trinajstić information content (AvgIpc) is 3.39. The summed E-state index contributed by atoms with van der Waals surface area (Å²) in [7, 11) is 0. The molecule has 2 amide bonds. The molecule has 29 heavy (non-hydrogen) atoms. The first kappa shape index (κ1) is 18.9. The number of hydrogen-bond donors (Lipinski definition) is 1. The zero-order chi connectivity index (χ0) is 20.4. The molecule has 7 heteroatoms. The van der Waals surface area contributed by atoms with Crippen molar-refractivity contribution >= 4 is 17.5 Å². The molecule has 7 nitrogen and oxygen atoms in total. The average molecular weight is 389 g/mol. The maximum absolute atomic E-state index is 12.7. The molecule has 1 fully saturated rings. The molecule has 1 aromatic heterocycles. The Labute approximate surface area is 169 Å². The normalized spacial score (nSPS) is 17.4. The summed E-state index contributed by atoms with van der Waals surface area (Å²) in [6.45, 7) is 4.36.